The van der Waals surface area contributed by atoms with Crippen LogP contribution in [0, 0.1) is 0 Å². The molecule has 1 saturated heterocycles. The molecular weight excluding hydrogens is 284 g/mol. The normalized spacial score (nSPS) is 20.9. The molecule has 2 aromatic rings. The lowest BCUT2D eigenvalue weighted by Gasteiger charge is -2.22. The Labute approximate surface area is 120 Å². The van der Waals surface area contributed by atoms with Gasteiger partial charge in [0.2, 0.25) is 0 Å². The first-order valence-corrected chi connectivity index (χ1v) is 7.62. The average Bonchev–Trinajstić information content (AvgIpc) is 2.84. The van der Waals surface area contributed by atoms with Gasteiger partial charge in [-0.3, -0.25) is 0 Å². The number of halogens is 1. The highest BCUT2D eigenvalue weighted by Crippen LogP contribution is 2.18. The van der Waals surface area contributed by atoms with Crippen LogP contribution in [0.4, 0.5) is 0 Å². The fourth-order valence-electron chi connectivity index (χ4n) is 2.27. The van der Waals surface area contributed by atoms with E-state index >= 15 is 0 Å². The minimum atomic E-state index is -1.15. The number of nitrogens with one attached hydrogen (secondary N) is 1. The van der Waals surface area contributed by atoms with Crippen molar-refractivity contribution in [3.8, 4) is 0 Å². The Hall–Kier alpha value is -0.910. The maximum Gasteiger partial charge on any atom is 0.287 e. The van der Waals surface area contributed by atoms with Crippen LogP contribution in [-0.2, 0) is 10.8 Å². The van der Waals surface area contributed by atoms with Crippen LogP contribution in [0.1, 0.15) is 19.3 Å². The third-order valence-corrected chi connectivity index (χ3v) is 4.50. The zero-order valence-electron chi connectivity index (χ0n) is 10.5. The molecule has 1 fully saturated rings. The lowest BCUT2D eigenvalue weighted by molar-refractivity contribution is 0.423. The Balaban J connectivity index is 0.00000133. The standard InChI is InChI=1S/C13H16N2O2S.ClH/c16-18(9-10-5-3-4-8-14-10)13-15-11-6-1-2-7-12(11)17-13;/h1-2,6-7,10,14H,3-5,8-9H2;1H. The topological polar surface area (TPSA) is 55.1 Å². The van der Waals surface area contributed by atoms with Gasteiger partial charge in [-0.25, -0.2) is 9.19 Å². The van der Waals surface area contributed by atoms with Crippen molar-refractivity contribution < 1.29 is 8.63 Å². The first-order valence-electron chi connectivity index (χ1n) is 6.30. The molecule has 1 aliphatic rings. The summed E-state index contributed by atoms with van der Waals surface area (Å²) in [4.78, 5) is 4.28. The number of rotatable bonds is 3. The molecule has 0 amide bonds. The van der Waals surface area contributed by atoms with Crippen LogP contribution in [0.5, 0.6) is 0 Å². The fraction of sp³-hybridized carbons (Fsp3) is 0.462. The van der Waals surface area contributed by atoms with Gasteiger partial charge >= 0.3 is 0 Å². The quantitative estimate of drug-likeness (QED) is 0.946. The number of piperidine rings is 1. The molecule has 4 nitrogen and oxygen atoms in total. The fourth-order valence-corrected chi connectivity index (χ4v) is 3.44. The molecule has 6 heteroatoms. The first-order chi connectivity index (χ1) is 8.83. The lowest BCUT2D eigenvalue weighted by atomic mass is 10.1. The summed E-state index contributed by atoms with van der Waals surface area (Å²) in [5.74, 6) is 0.590. The monoisotopic (exact) mass is 300 g/mol. The highest BCUT2D eigenvalue weighted by molar-refractivity contribution is 7.84. The van der Waals surface area contributed by atoms with E-state index in [1.54, 1.807) is 0 Å². The van der Waals surface area contributed by atoms with E-state index in [4.69, 9.17) is 4.42 Å². The van der Waals surface area contributed by atoms with Gasteiger partial charge in [0.05, 0.1) is 0 Å². The van der Waals surface area contributed by atoms with Gasteiger partial charge < -0.3 is 9.73 Å². The van der Waals surface area contributed by atoms with Crippen LogP contribution in [0.3, 0.4) is 0 Å². The highest BCUT2D eigenvalue weighted by atomic mass is 35.5. The molecule has 1 aromatic carbocycles. The second-order valence-electron chi connectivity index (χ2n) is 4.61. The minimum Gasteiger partial charge on any atom is -0.430 e. The van der Waals surface area contributed by atoms with Gasteiger partial charge in [-0.05, 0) is 31.5 Å². The van der Waals surface area contributed by atoms with Gasteiger partial charge in [-0.2, -0.15) is 0 Å². The molecule has 0 bridgehead atoms. The largest absolute Gasteiger partial charge is 0.430 e. The average molecular weight is 301 g/mol. The van der Waals surface area contributed by atoms with Gasteiger partial charge in [0.15, 0.2) is 5.58 Å². The second-order valence-corrected chi connectivity index (χ2v) is 5.98. The molecular formula is C13H17ClN2O2S. The summed E-state index contributed by atoms with van der Waals surface area (Å²) in [5.41, 5.74) is 1.48. The first kappa shape index (κ1) is 14.5. The molecule has 1 aromatic heterocycles. The van der Waals surface area contributed by atoms with Crippen molar-refractivity contribution >= 4 is 34.3 Å². The summed E-state index contributed by atoms with van der Waals surface area (Å²) in [6.07, 6.45) is 3.51. The van der Waals surface area contributed by atoms with Crippen LogP contribution >= 0.6 is 12.4 Å². The highest BCUT2D eigenvalue weighted by Gasteiger charge is 2.19. The second kappa shape index (κ2) is 6.50. The zero-order valence-corrected chi connectivity index (χ0v) is 12.1. The van der Waals surface area contributed by atoms with E-state index in [0.29, 0.717) is 22.6 Å². The third kappa shape index (κ3) is 3.35. The number of fused-ring (bicyclic) bond motifs is 1. The molecule has 0 radical (unpaired) electrons. The van der Waals surface area contributed by atoms with Crippen molar-refractivity contribution in [3.05, 3.63) is 24.3 Å². The Bertz CT molecular complexity index is 534. The van der Waals surface area contributed by atoms with Crippen LogP contribution < -0.4 is 5.32 Å². The summed E-state index contributed by atoms with van der Waals surface area (Å²) >= 11 is 0. The van der Waals surface area contributed by atoms with Crippen molar-refractivity contribution in [2.75, 3.05) is 12.3 Å². The number of benzene rings is 1. The molecule has 2 heterocycles. The Morgan fingerprint density at radius 3 is 2.95 bits per heavy atom. The van der Waals surface area contributed by atoms with Gasteiger partial charge in [-0.1, -0.05) is 18.6 Å². The predicted octanol–water partition coefficient (Wildman–Crippen LogP) is 2.50. The number of para-hydroxylation sites is 2. The van der Waals surface area contributed by atoms with E-state index in [2.05, 4.69) is 10.3 Å². The van der Waals surface area contributed by atoms with Crippen LogP contribution in [0.15, 0.2) is 33.9 Å². The Morgan fingerprint density at radius 1 is 1.37 bits per heavy atom. The molecule has 3 rings (SSSR count). The molecule has 2 atom stereocenters. The molecule has 0 spiro atoms. The van der Waals surface area contributed by atoms with Crippen molar-refractivity contribution in [2.45, 2.75) is 30.5 Å². The summed E-state index contributed by atoms with van der Waals surface area (Å²) < 4.78 is 17.7. The SMILES string of the molecule is Cl.O=S(CC1CCCCN1)c1nc2ccccc2o1. The maximum absolute atomic E-state index is 12.2. The summed E-state index contributed by atoms with van der Waals surface area (Å²) in [5, 5.41) is 3.74. The number of hydrogen-bond donors (Lipinski definition) is 1. The third-order valence-electron chi connectivity index (χ3n) is 3.23. The molecule has 0 saturated carbocycles. The van der Waals surface area contributed by atoms with Gasteiger partial charge in [0, 0.05) is 11.8 Å². The number of aromatic nitrogens is 1. The molecule has 2 unspecified atom stereocenters. The molecule has 19 heavy (non-hydrogen) atoms. The Morgan fingerprint density at radius 2 is 2.21 bits per heavy atom. The van der Waals surface area contributed by atoms with Gasteiger partial charge in [0.25, 0.3) is 5.22 Å². The number of oxazole rings is 1. The summed E-state index contributed by atoms with van der Waals surface area (Å²) in [6.45, 7) is 1.02. The Kier molecular flexibility index (Phi) is 4.96. The maximum atomic E-state index is 12.2. The summed E-state index contributed by atoms with van der Waals surface area (Å²) in [7, 11) is -1.15. The van der Waals surface area contributed by atoms with E-state index in [1.807, 2.05) is 24.3 Å². The van der Waals surface area contributed by atoms with E-state index in [1.165, 1.54) is 12.8 Å². The van der Waals surface area contributed by atoms with E-state index in [9.17, 15) is 4.21 Å². The van der Waals surface area contributed by atoms with E-state index < -0.39 is 10.8 Å². The van der Waals surface area contributed by atoms with Crippen molar-refractivity contribution in [1.29, 1.82) is 0 Å². The zero-order chi connectivity index (χ0) is 12.4. The number of hydrogen-bond acceptors (Lipinski definition) is 4. The predicted molar refractivity (Wildman–Crippen MR) is 78.2 cm³/mol. The van der Waals surface area contributed by atoms with Gasteiger partial charge in [0.1, 0.15) is 16.3 Å². The number of nitrogens with zero attached hydrogens (tertiary/aromatic N) is 1. The van der Waals surface area contributed by atoms with Crippen LogP contribution in [0.2, 0.25) is 0 Å². The molecule has 0 aliphatic carbocycles. The van der Waals surface area contributed by atoms with Crippen molar-refractivity contribution in [2.24, 2.45) is 0 Å². The van der Waals surface area contributed by atoms with Crippen molar-refractivity contribution in [3.63, 3.8) is 0 Å². The molecule has 1 N–H and O–H groups in total. The van der Waals surface area contributed by atoms with Gasteiger partial charge in [-0.15, -0.1) is 12.4 Å². The van der Waals surface area contributed by atoms with E-state index in [-0.39, 0.29) is 12.4 Å². The molecule has 104 valence electrons. The minimum absolute atomic E-state index is 0. The van der Waals surface area contributed by atoms with E-state index in [0.717, 1.165) is 18.5 Å². The summed E-state index contributed by atoms with van der Waals surface area (Å²) in [6, 6.07) is 7.85. The lowest BCUT2D eigenvalue weighted by Crippen LogP contribution is -2.38. The molecule has 1 aliphatic heterocycles. The van der Waals surface area contributed by atoms with Crippen molar-refractivity contribution in [1.82, 2.24) is 10.3 Å². The van der Waals surface area contributed by atoms with Crippen LogP contribution in [-0.4, -0.2) is 27.5 Å². The van der Waals surface area contributed by atoms with Crippen LogP contribution in [0.25, 0.3) is 11.1 Å². The smallest absolute Gasteiger partial charge is 0.287 e.